The van der Waals surface area contributed by atoms with Crippen LogP contribution >= 0.6 is 56.7 Å². The summed E-state index contributed by atoms with van der Waals surface area (Å²) in [6.45, 7) is 16.0. The summed E-state index contributed by atoms with van der Waals surface area (Å²) in [5, 5.41) is 34.0. The van der Waals surface area contributed by atoms with Crippen molar-refractivity contribution in [1.29, 1.82) is 10.5 Å². The highest BCUT2D eigenvalue weighted by Gasteiger charge is 2.13. The van der Waals surface area contributed by atoms with Gasteiger partial charge in [-0.3, -0.25) is 29.9 Å². The zero-order valence-electron chi connectivity index (χ0n) is 63.5. The number of benzene rings is 5. The highest BCUT2D eigenvalue weighted by Crippen LogP contribution is 2.32. The Balaban J connectivity index is 0.000000133. The molecule has 0 aliphatic carbocycles. The first-order valence-corrected chi connectivity index (χ1v) is 39.8. The van der Waals surface area contributed by atoms with Gasteiger partial charge in [0.2, 0.25) is 0 Å². The average Bonchev–Trinajstić information content (AvgIpc) is 1.16. The van der Waals surface area contributed by atoms with Gasteiger partial charge in [-0.15, -0.1) is 56.7 Å². The van der Waals surface area contributed by atoms with Gasteiger partial charge < -0.3 is 4.74 Å². The molecule has 14 nitrogen and oxygen atoms in total. The van der Waals surface area contributed by atoms with Crippen molar-refractivity contribution in [3.05, 3.63) is 349 Å². The second-order valence-electron chi connectivity index (χ2n) is 25.2. The van der Waals surface area contributed by atoms with Crippen LogP contribution in [0.5, 0.6) is 5.75 Å². The Kier molecular flexibility index (Phi) is 27.4. The minimum atomic E-state index is -0.635. The van der Waals surface area contributed by atoms with E-state index in [2.05, 4.69) is 170 Å². The standard InChI is InChI=1S/C20H13N3S.C19H13N3OS.C19H13N3S.C19H16N2S.C17H10F2N2S/c1-14-23-16(13-24-14)9-7-15-8-10-20(22-12-15)17-4-2-6-19-18(17)5-3-11-21-19;1-13-22-16(12-24-13)6-3-14-4-7-18(21-11-14)17-9-15(10-20)5-8-19(17)23-2;1-13-7-16(10-20)9-17(8-13)19-6-4-15(11-21-19)3-5-18-12-23-14(2)22-18;1-13-5-4-6-14(2)19(13)18-10-8-16(11-20-18)7-9-17-12-22-15(3)21-17;1-11-21-14(10-22-11)5-2-12-3-7-17(20-9-12)15-6-4-13(18)8-16(15)19/h2-6,8,10-13H,1H3;4-5,7-9,11-12H,1-2H3;4,6-9,11-12H,1-2H3;4-6,8,10-12H,1-3H3;3-4,6-10H,1H3. The maximum absolute atomic E-state index is 13.7. The first-order valence-electron chi connectivity index (χ1n) is 35.4. The molecule has 0 N–H and O–H groups in total. The van der Waals surface area contributed by atoms with Gasteiger partial charge in [0.25, 0.3) is 0 Å². The molecule has 0 spiro atoms. The lowest BCUT2D eigenvalue weighted by Crippen LogP contribution is -1.91. The van der Waals surface area contributed by atoms with Crippen molar-refractivity contribution in [1.82, 2.24) is 54.8 Å². The third-order valence-corrected chi connectivity index (χ3v) is 20.4. The Bertz CT molecular complexity index is 6570. The van der Waals surface area contributed by atoms with Gasteiger partial charge in [0, 0.05) is 131 Å². The van der Waals surface area contributed by atoms with Gasteiger partial charge in [0.15, 0.2) is 0 Å². The van der Waals surface area contributed by atoms with Crippen molar-refractivity contribution in [2.45, 2.75) is 55.4 Å². The summed E-state index contributed by atoms with van der Waals surface area (Å²) < 4.78 is 32.0. The van der Waals surface area contributed by atoms with Crippen molar-refractivity contribution in [3.8, 4) is 133 Å². The molecule has 21 heteroatoms. The first-order chi connectivity index (χ1) is 55.9. The quantitative estimate of drug-likeness (QED) is 0.142. The third kappa shape index (κ3) is 22.8. The van der Waals surface area contributed by atoms with Crippen molar-refractivity contribution >= 4 is 67.6 Å². The molecule has 11 aromatic heterocycles. The molecule has 11 heterocycles. The van der Waals surface area contributed by atoms with Gasteiger partial charge >= 0.3 is 0 Å². The molecule has 0 unspecified atom stereocenters. The average molecular weight is 1590 g/mol. The number of halogens is 2. The molecule has 0 atom stereocenters. The normalized spacial score (nSPS) is 10.0. The number of pyridine rings is 6. The predicted octanol–water partition coefficient (Wildman–Crippen LogP) is 21.1. The van der Waals surface area contributed by atoms with Crippen LogP contribution in [0.2, 0.25) is 0 Å². The number of fused-ring (bicyclic) bond motifs is 1. The van der Waals surface area contributed by atoms with E-state index in [4.69, 9.17) is 15.3 Å². The van der Waals surface area contributed by atoms with Gasteiger partial charge in [-0.25, -0.2) is 33.7 Å². The second kappa shape index (κ2) is 39.2. The van der Waals surface area contributed by atoms with Crippen LogP contribution in [0.15, 0.2) is 228 Å². The van der Waals surface area contributed by atoms with Crippen LogP contribution in [0.1, 0.15) is 109 Å². The number of aromatic nitrogens is 11. The lowest BCUT2D eigenvalue weighted by Gasteiger charge is -2.08. The SMILES string of the molecule is COc1ccc(C#N)cc1-c1ccc(C#Cc2csc(C)n2)cn1.Cc1cc(C#N)cc(-c2ccc(C#Cc3csc(C)n3)cn2)c1.Cc1nc(C#Cc2ccc(-c3c(C)cccc3C)nc2)cs1.Cc1nc(C#Cc2ccc(-c3ccc(F)cc3F)nc2)cs1.Cc1nc(C#Cc2ccc(-c3cccc4ncccc34)nc2)cs1. The van der Waals surface area contributed by atoms with Gasteiger partial charge in [-0.2, -0.15) is 10.5 Å². The summed E-state index contributed by atoms with van der Waals surface area (Å²) in [6.07, 6.45) is 10.4. The van der Waals surface area contributed by atoms with Crippen LogP contribution in [0.3, 0.4) is 0 Å². The van der Waals surface area contributed by atoms with Crippen LogP contribution in [-0.4, -0.2) is 61.9 Å². The first kappa shape index (κ1) is 80.4. The maximum Gasteiger partial charge on any atom is 0.135 e. The number of methoxy groups -OCH3 is 1. The Morgan fingerprint density at radius 1 is 0.339 bits per heavy atom. The molecule has 115 heavy (non-hydrogen) atoms. The fraction of sp³-hybridized carbons (Fsp3) is 0.0957. The minimum Gasteiger partial charge on any atom is -0.496 e. The largest absolute Gasteiger partial charge is 0.496 e. The number of nitriles is 2. The highest BCUT2D eigenvalue weighted by atomic mass is 32.1. The van der Waals surface area contributed by atoms with Crippen LogP contribution in [0, 0.1) is 149 Å². The minimum absolute atomic E-state index is 0.260. The Morgan fingerprint density at radius 2 is 0.748 bits per heavy atom. The van der Waals surface area contributed by atoms with E-state index in [9.17, 15) is 8.78 Å². The van der Waals surface area contributed by atoms with E-state index in [1.165, 1.54) is 28.8 Å². The zero-order chi connectivity index (χ0) is 80.6. The summed E-state index contributed by atoms with van der Waals surface area (Å²) in [6, 6.07) is 54.2. The molecule has 0 saturated carbocycles. The molecule has 0 saturated heterocycles. The van der Waals surface area contributed by atoms with E-state index in [0.717, 1.165) is 138 Å². The lowest BCUT2D eigenvalue weighted by atomic mass is 9.99. The van der Waals surface area contributed by atoms with E-state index in [0.29, 0.717) is 28.1 Å². The van der Waals surface area contributed by atoms with Gasteiger partial charge in [0.1, 0.15) is 45.9 Å². The summed E-state index contributed by atoms with van der Waals surface area (Å²) in [5.41, 5.74) is 21.9. The Morgan fingerprint density at radius 3 is 1.15 bits per heavy atom. The number of hydrogen-bond acceptors (Lipinski definition) is 19. The molecule has 0 amide bonds. The number of aryl methyl sites for hydroxylation is 8. The Hall–Kier alpha value is -14.2. The van der Waals surface area contributed by atoms with Crippen molar-refractivity contribution in [2.75, 3.05) is 7.11 Å². The summed E-state index contributed by atoms with van der Waals surface area (Å²) >= 11 is 7.92. The van der Waals surface area contributed by atoms with Gasteiger partial charge in [-0.05, 0) is 223 Å². The fourth-order valence-corrected chi connectivity index (χ4v) is 13.9. The molecule has 5 aromatic carbocycles. The van der Waals surface area contributed by atoms with Crippen molar-refractivity contribution in [2.24, 2.45) is 0 Å². The summed E-state index contributed by atoms with van der Waals surface area (Å²) in [7, 11) is 1.60. The molecule has 16 aromatic rings. The number of nitrogens with zero attached hydrogens (tertiary/aromatic N) is 13. The van der Waals surface area contributed by atoms with E-state index in [-0.39, 0.29) is 5.56 Å². The van der Waals surface area contributed by atoms with Crippen LogP contribution in [0.4, 0.5) is 8.78 Å². The monoisotopic (exact) mass is 1590 g/mol. The second-order valence-corrected chi connectivity index (χ2v) is 30.5. The smallest absolute Gasteiger partial charge is 0.135 e. The third-order valence-electron chi connectivity index (χ3n) is 16.6. The molecule has 0 fully saturated rings. The predicted molar refractivity (Wildman–Crippen MR) is 458 cm³/mol. The van der Waals surface area contributed by atoms with E-state index in [1.807, 2.05) is 160 Å². The molecule has 16 rings (SSSR count). The summed E-state index contributed by atoms with van der Waals surface area (Å²) in [5.74, 6) is 29.9. The van der Waals surface area contributed by atoms with Crippen LogP contribution in [0.25, 0.3) is 67.2 Å². The molecule has 0 radical (unpaired) electrons. The van der Waals surface area contributed by atoms with E-state index < -0.39 is 11.6 Å². The van der Waals surface area contributed by atoms with Crippen LogP contribution in [-0.2, 0) is 0 Å². The molecular formula is C94H65F2N13OS5. The van der Waals surface area contributed by atoms with E-state index >= 15 is 0 Å². The maximum atomic E-state index is 13.7. The van der Waals surface area contributed by atoms with Gasteiger partial charge in [-0.1, -0.05) is 66.0 Å². The Labute approximate surface area is 685 Å². The molecule has 556 valence electrons. The highest BCUT2D eigenvalue weighted by molar-refractivity contribution is 7.10. The number of ether oxygens (including phenoxy) is 1. The molecular weight excluding hydrogens is 1530 g/mol. The molecule has 0 bridgehead atoms. The number of hydrogen-bond donors (Lipinski definition) is 0. The number of rotatable bonds is 6. The van der Waals surface area contributed by atoms with E-state index in [1.54, 1.807) is 125 Å². The van der Waals surface area contributed by atoms with Crippen molar-refractivity contribution in [3.63, 3.8) is 0 Å². The summed E-state index contributed by atoms with van der Waals surface area (Å²) in [4.78, 5) is 48.2. The molecule has 0 aliphatic rings. The van der Waals surface area contributed by atoms with Gasteiger partial charge in [0.05, 0.1) is 89.4 Å². The topological polar surface area (TPSA) is 199 Å². The molecule has 0 aliphatic heterocycles. The fourth-order valence-electron chi connectivity index (χ4n) is 11.1. The number of thiazole rings is 5. The van der Waals surface area contributed by atoms with Crippen LogP contribution < -0.4 is 4.74 Å². The lowest BCUT2D eigenvalue weighted by molar-refractivity contribution is 0.416. The zero-order valence-corrected chi connectivity index (χ0v) is 67.5. The van der Waals surface area contributed by atoms with Crippen molar-refractivity contribution < 1.29 is 13.5 Å².